The van der Waals surface area contributed by atoms with Crippen molar-refractivity contribution in [2.24, 2.45) is 0 Å². The number of hydrogen-bond acceptors (Lipinski definition) is 4. The molecule has 0 radical (unpaired) electrons. The van der Waals surface area contributed by atoms with Gasteiger partial charge in [0, 0.05) is 26.4 Å². The van der Waals surface area contributed by atoms with Crippen molar-refractivity contribution in [2.45, 2.75) is 31.8 Å². The van der Waals surface area contributed by atoms with Crippen LogP contribution in [0.4, 0.5) is 0 Å². The van der Waals surface area contributed by atoms with Gasteiger partial charge in [-0.3, -0.25) is 4.79 Å². The summed E-state index contributed by atoms with van der Waals surface area (Å²) in [6, 6.07) is 3.14. The third-order valence-electron chi connectivity index (χ3n) is 3.82. The zero-order valence-electron chi connectivity index (χ0n) is 12.6. The SMILES string of the molecule is COCCn1cccc1C(=O)N1CCCC[C@@H]1C(=O)OC. The number of ether oxygens (including phenoxy) is 2. The van der Waals surface area contributed by atoms with Gasteiger partial charge in [-0.1, -0.05) is 0 Å². The molecule has 2 heterocycles. The molecule has 1 amide bonds. The van der Waals surface area contributed by atoms with Gasteiger partial charge in [0.05, 0.1) is 13.7 Å². The third-order valence-corrected chi connectivity index (χ3v) is 3.82. The van der Waals surface area contributed by atoms with Crippen LogP contribution >= 0.6 is 0 Å². The summed E-state index contributed by atoms with van der Waals surface area (Å²) in [5, 5.41) is 0. The lowest BCUT2D eigenvalue weighted by Gasteiger charge is -2.33. The van der Waals surface area contributed by atoms with Crippen molar-refractivity contribution in [1.29, 1.82) is 0 Å². The Morgan fingerprint density at radius 2 is 2.14 bits per heavy atom. The third kappa shape index (κ3) is 3.44. The lowest BCUT2D eigenvalue weighted by molar-refractivity contribution is -0.147. The molecule has 1 atom stereocenters. The van der Waals surface area contributed by atoms with Crippen LogP contribution in [-0.4, -0.2) is 54.8 Å². The molecule has 0 N–H and O–H groups in total. The zero-order chi connectivity index (χ0) is 15.2. The molecule has 0 unspecified atom stereocenters. The predicted octanol–water partition coefficient (Wildman–Crippen LogP) is 1.30. The highest BCUT2D eigenvalue weighted by molar-refractivity contribution is 5.95. The van der Waals surface area contributed by atoms with Crippen molar-refractivity contribution in [3.05, 3.63) is 24.0 Å². The molecule has 1 aliphatic rings. The quantitative estimate of drug-likeness (QED) is 0.768. The van der Waals surface area contributed by atoms with E-state index in [0.29, 0.717) is 31.8 Å². The molecular formula is C15H22N2O4. The summed E-state index contributed by atoms with van der Waals surface area (Å²) < 4.78 is 11.7. The van der Waals surface area contributed by atoms with Crippen molar-refractivity contribution in [3.63, 3.8) is 0 Å². The Labute approximate surface area is 124 Å². The second-order valence-corrected chi connectivity index (χ2v) is 5.11. The molecule has 1 fully saturated rings. The minimum Gasteiger partial charge on any atom is -0.467 e. The van der Waals surface area contributed by atoms with Crippen LogP contribution in [0, 0.1) is 0 Å². The van der Waals surface area contributed by atoms with E-state index in [1.165, 1.54) is 7.11 Å². The van der Waals surface area contributed by atoms with E-state index >= 15 is 0 Å². The first-order valence-corrected chi connectivity index (χ1v) is 7.22. The van der Waals surface area contributed by atoms with Crippen molar-refractivity contribution < 1.29 is 19.1 Å². The minimum absolute atomic E-state index is 0.119. The van der Waals surface area contributed by atoms with E-state index in [2.05, 4.69) is 0 Å². The summed E-state index contributed by atoms with van der Waals surface area (Å²) in [5.74, 6) is -0.454. The topological polar surface area (TPSA) is 60.8 Å². The van der Waals surface area contributed by atoms with Gasteiger partial charge in [0.1, 0.15) is 11.7 Å². The molecule has 0 bridgehead atoms. The molecule has 1 aromatic heterocycles. The summed E-state index contributed by atoms with van der Waals surface area (Å²) in [7, 11) is 2.99. The maximum absolute atomic E-state index is 12.7. The molecule has 0 spiro atoms. The number of hydrogen-bond donors (Lipinski definition) is 0. The van der Waals surface area contributed by atoms with Gasteiger partial charge in [0.15, 0.2) is 0 Å². The highest BCUT2D eigenvalue weighted by atomic mass is 16.5. The fourth-order valence-electron chi connectivity index (χ4n) is 2.70. The molecule has 21 heavy (non-hydrogen) atoms. The van der Waals surface area contributed by atoms with Gasteiger partial charge in [-0.15, -0.1) is 0 Å². The van der Waals surface area contributed by atoms with Gasteiger partial charge >= 0.3 is 5.97 Å². The molecule has 0 aliphatic carbocycles. The molecule has 6 nitrogen and oxygen atoms in total. The number of carbonyl (C=O) groups excluding carboxylic acids is 2. The Balaban J connectivity index is 2.17. The number of piperidine rings is 1. The second kappa shape index (κ2) is 7.26. The first kappa shape index (κ1) is 15.6. The Morgan fingerprint density at radius 3 is 2.86 bits per heavy atom. The lowest BCUT2D eigenvalue weighted by atomic mass is 10.0. The van der Waals surface area contributed by atoms with Crippen LogP contribution < -0.4 is 0 Å². The summed E-state index contributed by atoms with van der Waals surface area (Å²) in [6.45, 7) is 1.74. The fraction of sp³-hybridized carbons (Fsp3) is 0.600. The number of aromatic nitrogens is 1. The van der Waals surface area contributed by atoms with Crippen molar-refractivity contribution >= 4 is 11.9 Å². The van der Waals surface area contributed by atoms with Gasteiger partial charge in [0.25, 0.3) is 5.91 Å². The second-order valence-electron chi connectivity index (χ2n) is 5.11. The van der Waals surface area contributed by atoms with E-state index in [0.717, 1.165) is 12.8 Å². The highest BCUT2D eigenvalue weighted by Crippen LogP contribution is 2.21. The lowest BCUT2D eigenvalue weighted by Crippen LogP contribution is -2.48. The van der Waals surface area contributed by atoms with Crippen LogP contribution in [0.1, 0.15) is 29.8 Å². The number of rotatable bonds is 5. The van der Waals surface area contributed by atoms with Crippen LogP contribution in [0.25, 0.3) is 0 Å². The van der Waals surface area contributed by atoms with Crippen LogP contribution in [0.2, 0.25) is 0 Å². The van der Waals surface area contributed by atoms with E-state index in [-0.39, 0.29) is 11.9 Å². The molecule has 2 rings (SSSR count). The molecule has 116 valence electrons. The average Bonchev–Trinajstić information content (AvgIpc) is 2.99. The smallest absolute Gasteiger partial charge is 0.328 e. The van der Waals surface area contributed by atoms with Crippen LogP contribution in [0.3, 0.4) is 0 Å². The first-order valence-electron chi connectivity index (χ1n) is 7.22. The molecule has 0 saturated carbocycles. The number of nitrogens with zero attached hydrogens (tertiary/aromatic N) is 2. The number of methoxy groups -OCH3 is 2. The van der Waals surface area contributed by atoms with E-state index in [1.807, 2.05) is 16.8 Å². The standard InChI is InChI=1S/C15H22N2O4/c1-20-11-10-16-8-5-7-12(16)14(18)17-9-4-3-6-13(17)15(19)21-2/h5,7-8,13H,3-4,6,9-11H2,1-2H3/t13-/m1/s1. The van der Waals surface area contributed by atoms with Crippen LogP contribution in [-0.2, 0) is 20.8 Å². The van der Waals surface area contributed by atoms with Gasteiger partial charge < -0.3 is 18.9 Å². The summed E-state index contributed by atoms with van der Waals surface area (Å²) in [4.78, 5) is 26.2. The van der Waals surface area contributed by atoms with Gasteiger partial charge in [-0.2, -0.15) is 0 Å². The Kier molecular flexibility index (Phi) is 5.38. The molecule has 0 aromatic carbocycles. The average molecular weight is 294 g/mol. The van der Waals surface area contributed by atoms with Gasteiger partial charge in [-0.25, -0.2) is 4.79 Å². The number of likely N-dealkylation sites (tertiary alicyclic amines) is 1. The van der Waals surface area contributed by atoms with E-state index < -0.39 is 6.04 Å². The molecule has 1 saturated heterocycles. The van der Waals surface area contributed by atoms with Crippen LogP contribution in [0.15, 0.2) is 18.3 Å². The van der Waals surface area contributed by atoms with E-state index in [4.69, 9.17) is 9.47 Å². The number of carbonyl (C=O) groups is 2. The maximum Gasteiger partial charge on any atom is 0.328 e. The van der Waals surface area contributed by atoms with Crippen molar-refractivity contribution in [1.82, 2.24) is 9.47 Å². The number of esters is 1. The fourth-order valence-corrected chi connectivity index (χ4v) is 2.70. The van der Waals surface area contributed by atoms with Gasteiger partial charge in [0.2, 0.25) is 0 Å². The van der Waals surface area contributed by atoms with E-state index in [1.54, 1.807) is 18.1 Å². The summed E-state index contributed by atoms with van der Waals surface area (Å²) in [6.07, 6.45) is 4.37. The Morgan fingerprint density at radius 1 is 1.33 bits per heavy atom. The largest absolute Gasteiger partial charge is 0.467 e. The van der Waals surface area contributed by atoms with E-state index in [9.17, 15) is 9.59 Å². The predicted molar refractivity (Wildman–Crippen MR) is 77.0 cm³/mol. The Bertz CT molecular complexity index is 498. The molecular weight excluding hydrogens is 272 g/mol. The highest BCUT2D eigenvalue weighted by Gasteiger charge is 2.34. The molecule has 6 heteroatoms. The molecule has 1 aromatic rings. The minimum atomic E-state index is -0.470. The Hall–Kier alpha value is -1.82. The zero-order valence-corrected chi connectivity index (χ0v) is 12.6. The van der Waals surface area contributed by atoms with Crippen LogP contribution in [0.5, 0.6) is 0 Å². The monoisotopic (exact) mass is 294 g/mol. The molecule has 1 aliphatic heterocycles. The summed E-state index contributed by atoms with van der Waals surface area (Å²) in [5.41, 5.74) is 0.586. The number of amides is 1. The van der Waals surface area contributed by atoms with Gasteiger partial charge in [-0.05, 0) is 31.4 Å². The normalized spacial score (nSPS) is 18.6. The van der Waals surface area contributed by atoms with Crippen molar-refractivity contribution in [3.8, 4) is 0 Å². The first-order chi connectivity index (χ1) is 10.2. The maximum atomic E-state index is 12.7. The summed E-state index contributed by atoms with van der Waals surface area (Å²) >= 11 is 0. The van der Waals surface area contributed by atoms with Crippen molar-refractivity contribution in [2.75, 3.05) is 27.4 Å².